The van der Waals surface area contributed by atoms with E-state index in [4.69, 9.17) is 0 Å². The van der Waals surface area contributed by atoms with Crippen LogP contribution in [0.4, 0.5) is 0 Å². The Kier molecular flexibility index (Phi) is 5.36. The second kappa shape index (κ2) is 7.49. The summed E-state index contributed by atoms with van der Waals surface area (Å²) in [6, 6.07) is 4.53. The molecule has 2 aromatic rings. The number of hydrogen-bond donors (Lipinski definition) is 1. The molecule has 1 aliphatic rings. The standard InChI is InChI=1S/C20H29N3O/c1-15-5-4-7-22(13-15)14-18-11-16(2)12-19(17(18)3)20-21-6-8-23(20)9-10-24/h6,8,11-12,15,24H,4-5,7,9-10,13-14H2,1-3H3/t15-/m0/s1. The number of imidazole rings is 1. The van der Waals surface area contributed by atoms with Crippen LogP contribution in [0.3, 0.4) is 0 Å². The van der Waals surface area contributed by atoms with Crippen molar-refractivity contribution in [3.63, 3.8) is 0 Å². The van der Waals surface area contributed by atoms with Gasteiger partial charge in [-0.05, 0) is 56.3 Å². The number of aliphatic hydroxyl groups excluding tert-OH is 1. The van der Waals surface area contributed by atoms with Crippen LogP contribution in [0, 0.1) is 19.8 Å². The molecule has 1 aromatic carbocycles. The maximum absolute atomic E-state index is 9.27. The first-order valence-corrected chi connectivity index (χ1v) is 9.03. The predicted molar refractivity (Wildman–Crippen MR) is 97.9 cm³/mol. The van der Waals surface area contributed by atoms with E-state index in [1.807, 2.05) is 17.0 Å². The van der Waals surface area contributed by atoms with E-state index in [9.17, 15) is 5.11 Å². The number of rotatable bonds is 5. The van der Waals surface area contributed by atoms with Crippen molar-refractivity contribution in [3.8, 4) is 11.4 Å². The third-order valence-corrected chi connectivity index (χ3v) is 5.09. The third-order valence-electron chi connectivity index (χ3n) is 5.09. The Hall–Kier alpha value is -1.65. The van der Waals surface area contributed by atoms with E-state index in [2.05, 4.69) is 42.8 Å². The monoisotopic (exact) mass is 327 g/mol. The second-order valence-corrected chi connectivity index (χ2v) is 7.25. The normalized spacial score (nSPS) is 18.9. The molecule has 0 aliphatic carbocycles. The molecule has 4 nitrogen and oxygen atoms in total. The van der Waals surface area contributed by atoms with Gasteiger partial charge >= 0.3 is 0 Å². The molecule has 4 heteroatoms. The number of aromatic nitrogens is 2. The van der Waals surface area contributed by atoms with Gasteiger partial charge in [0.15, 0.2) is 0 Å². The molecule has 0 bridgehead atoms. The van der Waals surface area contributed by atoms with Crippen LogP contribution in [0.5, 0.6) is 0 Å². The summed E-state index contributed by atoms with van der Waals surface area (Å²) in [5.41, 5.74) is 5.17. The first kappa shape index (κ1) is 17.2. The van der Waals surface area contributed by atoms with E-state index in [-0.39, 0.29) is 6.61 Å². The zero-order valence-electron chi connectivity index (χ0n) is 15.1. The van der Waals surface area contributed by atoms with Gasteiger partial charge in [-0.1, -0.05) is 18.6 Å². The first-order chi connectivity index (χ1) is 11.6. The van der Waals surface area contributed by atoms with E-state index < -0.39 is 0 Å². The molecule has 1 N–H and O–H groups in total. The molecule has 1 aromatic heterocycles. The van der Waals surface area contributed by atoms with Crippen LogP contribution in [0.2, 0.25) is 0 Å². The van der Waals surface area contributed by atoms with Crippen molar-refractivity contribution in [1.82, 2.24) is 14.5 Å². The molecular weight excluding hydrogens is 298 g/mol. The van der Waals surface area contributed by atoms with E-state index in [0.29, 0.717) is 6.54 Å². The number of hydrogen-bond acceptors (Lipinski definition) is 3. The Morgan fingerprint density at radius 3 is 2.88 bits per heavy atom. The summed E-state index contributed by atoms with van der Waals surface area (Å²) in [6.45, 7) is 10.8. The number of aryl methyl sites for hydroxylation is 1. The average molecular weight is 327 g/mol. The highest BCUT2D eigenvalue weighted by Gasteiger charge is 2.19. The minimum atomic E-state index is 0.132. The van der Waals surface area contributed by atoms with Crippen molar-refractivity contribution in [2.45, 2.75) is 46.7 Å². The molecule has 1 saturated heterocycles. The zero-order valence-corrected chi connectivity index (χ0v) is 15.1. The van der Waals surface area contributed by atoms with Crippen molar-refractivity contribution in [2.24, 2.45) is 5.92 Å². The van der Waals surface area contributed by atoms with Gasteiger partial charge in [0.2, 0.25) is 0 Å². The molecule has 0 spiro atoms. The summed E-state index contributed by atoms with van der Waals surface area (Å²) >= 11 is 0. The van der Waals surface area contributed by atoms with Crippen LogP contribution in [-0.4, -0.2) is 39.3 Å². The number of aliphatic hydroxyl groups is 1. The van der Waals surface area contributed by atoms with Gasteiger partial charge < -0.3 is 9.67 Å². The van der Waals surface area contributed by atoms with Crippen LogP contribution < -0.4 is 0 Å². The van der Waals surface area contributed by atoms with Crippen LogP contribution in [0.15, 0.2) is 24.5 Å². The van der Waals surface area contributed by atoms with Gasteiger partial charge in [0.05, 0.1) is 6.61 Å². The molecule has 24 heavy (non-hydrogen) atoms. The Labute approximate surface area is 145 Å². The predicted octanol–water partition coefficient (Wildman–Crippen LogP) is 3.39. The molecule has 1 aliphatic heterocycles. The maximum atomic E-state index is 9.27. The Morgan fingerprint density at radius 2 is 2.12 bits per heavy atom. The largest absolute Gasteiger partial charge is 0.395 e. The van der Waals surface area contributed by atoms with Crippen LogP contribution >= 0.6 is 0 Å². The van der Waals surface area contributed by atoms with Crippen LogP contribution in [-0.2, 0) is 13.1 Å². The van der Waals surface area contributed by atoms with Gasteiger partial charge in [-0.15, -0.1) is 0 Å². The Morgan fingerprint density at radius 1 is 1.29 bits per heavy atom. The van der Waals surface area contributed by atoms with E-state index >= 15 is 0 Å². The number of likely N-dealkylation sites (tertiary alicyclic amines) is 1. The topological polar surface area (TPSA) is 41.3 Å². The van der Waals surface area contributed by atoms with E-state index in [0.717, 1.165) is 18.3 Å². The van der Waals surface area contributed by atoms with Crippen molar-refractivity contribution in [1.29, 1.82) is 0 Å². The Balaban J connectivity index is 1.91. The number of nitrogens with zero attached hydrogens (tertiary/aromatic N) is 3. The SMILES string of the molecule is Cc1cc(CN2CCC[C@H](C)C2)c(C)c(-c2nccn2CCO)c1. The van der Waals surface area contributed by atoms with Gasteiger partial charge in [0.1, 0.15) is 5.82 Å². The van der Waals surface area contributed by atoms with Crippen molar-refractivity contribution in [2.75, 3.05) is 19.7 Å². The lowest BCUT2D eigenvalue weighted by molar-refractivity contribution is 0.176. The lowest BCUT2D eigenvalue weighted by Gasteiger charge is -2.31. The highest BCUT2D eigenvalue weighted by Crippen LogP contribution is 2.28. The molecule has 2 heterocycles. The van der Waals surface area contributed by atoms with Crippen LogP contribution in [0.25, 0.3) is 11.4 Å². The summed E-state index contributed by atoms with van der Waals surface area (Å²) < 4.78 is 2.04. The fraction of sp³-hybridized carbons (Fsp3) is 0.550. The van der Waals surface area contributed by atoms with Crippen molar-refractivity contribution in [3.05, 3.63) is 41.2 Å². The molecular formula is C20H29N3O. The number of benzene rings is 1. The van der Waals surface area contributed by atoms with Crippen molar-refractivity contribution < 1.29 is 5.11 Å². The van der Waals surface area contributed by atoms with Gasteiger partial charge in [-0.2, -0.15) is 0 Å². The average Bonchev–Trinajstić information content (AvgIpc) is 2.99. The molecule has 0 amide bonds. The highest BCUT2D eigenvalue weighted by molar-refractivity contribution is 5.64. The summed E-state index contributed by atoms with van der Waals surface area (Å²) in [6.07, 6.45) is 6.42. The maximum Gasteiger partial charge on any atom is 0.140 e. The fourth-order valence-electron chi connectivity index (χ4n) is 3.84. The summed E-state index contributed by atoms with van der Waals surface area (Å²) in [5, 5.41) is 9.27. The lowest BCUT2D eigenvalue weighted by atomic mass is 9.96. The van der Waals surface area contributed by atoms with Gasteiger partial charge in [0, 0.05) is 37.6 Å². The van der Waals surface area contributed by atoms with Gasteiger partial charge in [-0.25, -0.2) is 4.98 Å². The van der Waals surface area contributed by atoms with Gasteiger partial charge in [0.25, 0.3) is 0 Å². The molecule has 1 atom stereocenters. The minimum Gasteiger partial charge on any atom is -0.395 e. The third kappa shape index (κ3) is 3.70. The van der Waals surface area contributed by atoms with Gasteiger partial charge in [-0.3, -0.25) is 4.90 Å². The van der Waals surface area contributed by atoms with Crippen molar-refractivity contribution >= 4 is 0 Å². The summed E-state index contributed by atoms with van der Waals surface area (Å²) in [5.74, 6) is 1.75. The lowest BCUT2D eigenvalue weighted by Crippen LogP contribution is -2.34. The quantitative estimate of drug-likeness (QED) is 0.915. The second-order valence-electron chi connectivity index (χ2n) is 7.25. The number of piperidine rings is 1. The zero-order chi connectivity index (χ0) is 17.1. The summed E-state index contributed by atoms with van der Waals surface area (Å²) in [4.78, 5) is 7.13. The highest BCUT2D eigenvalue weighted by atomic mass is 16.3. The molecule has 0 radical (unpaired) electrons. The fourth-order valence-corrected chi connectivity index (χ4v) is 3.84. The molecule has 130 valence electrons. The molecule has 0 saturated carbocycles. The first-order valence-electron chi connectivity index (χ1n) is 9.03. The smallest absolute Gasteiger partial charge is 0.140 e. The Bertz CT molecular complexity index is 692. The summed E-state index contributed by atoms with van der Waals surface area (Å²) in [7, 11) is 0. The molecule has 1 fully saturated rings. The molecule has 3 rings (SSSR count). The molecule has 0 unspecified atom stereocenters. The van der Waals surface area contributed by atoms with E-state index in [1.165, 1.54) is 48.2 Å². The van der Waals surface area contributed by atoms with Crippen LogP contribution in [0.1, 0.15) is 36.5 Å². The van der Waals surface area contributed by atoms with E-state index in [1.54, 1.807) is 0 Å². The minimum absolute atomic E-state index is 0.132.